The van der Waals surface area contributed by atoms with E-state index in [0.29, 0.717) is 11.3 Å². The van der Waals surface area contributed by atoms with E-state index in [1.807, 2.05) is 6.92 Å². The number of ether oxygens (including phenoxy) is 1. The van der Waals surface area contributed by atoms with Crippen molar-refractivity contribution in [1.29, 1.82) is 0 Å². The number of hydrogen-bond donors (Lipinski definition) is 2. The summed E-state index contributed by atoms with van der Waals surface area (Å²) in [5, 5.41) is 2.94. The highest BCUT2D eigenvalue weighted by Gasteiger charge is 2.17. The molecule has 1 aliphatic rings. The van der Waals surface area contributed by atoms with Crippen molar-refractivity contribution in [2.75, 3.05) is 38.6 Å². The maximum Gasteiger partial charge on any atom is 0.255 e. The van der Waals surface area contributed by atoms with Crippen LogP contribution >= 0.6 is 0 Å². The van der Waals surface area contributed by atoms with E-state index in [-0.39, 0.29) is 11.9 Å². The van der Waals surface area contributed by atoms with Crippen LogP contribution in [-0.4, -0.2) is 54.7 Å². The predicted molar refractivity (Wildman–Crippen MR) is 72.8 cm³/mol. The monoisotopic (exact) mass is 264 g/mol. The fourth-order valence-corrected chi connectivity index (χ4v) is 2.11. The zero-order valence-electron chi connectivity index (χ0n) is 11.1. The molecule has 1 unspecified atom stereocenters. The highest BCUT2D eigenvalue weighted by molar-refractivity contribution is 5.98. The molecule has 1 atom stereocenters. The van der Waals surface area contributed by atoms with E-state index in [9.17, 15) is 4.79 Å². The molecule has 1 amide bonds. The van der Waals surface area contributed by atoms with Crippen LogP contribution in [0.2, 0.25) is 0 Å². The van der Waals surface area contributed by atoms with Crippen LogP contribution in [0.3, 0.4) is 0 Å². The average Bonchev–Trinajstić information content (AvgIpc) is 2.40. The molecule has 0 aromatic carbocycles. The smallest absolute Gasteiger partial charge is 0.255 e. The Balaban J connectivity index is 1.86. The lowest BCUT2D eigenvalue weighted by Gasteiger charge is -2.29. The minimum atomic E-state index is -0.175. The van der Waals surface area contributed by atoms with Crippen LogP contribution in [0, 0.1) is 0 Å². The number of pyridine rings is 1. The number of aromatic nitrogens is 1. The quantitative estimate of drug-likeness (QED) is 0.807. The number of carbonyl (C=O) groups excluding carboxylic acids is 1. The van der Waals surface area contributed by atoms with Gasteiger partial charge in [0.15, 0.2) is 0 Å². The van der Waals surface area contributed by atoms with E-state index in [2.05, 4.69) is 15.2 Å². The van der Waals surface area contributed by atoms with E-state index in [1.165, 1.54) is 6.20 Å². The Bertz CT molecular complexity index is 432. The van der Waals surface area contributed by atoms with Gasteiger partial charge in [-0.2, -0.15) is 0 Å². The molecule has 1 aromatic rings. The second-order valence-corrected chi connectivity index (χ2v) is 4.75. The molecule has 1 aliphatic heterocycles. The summed E-state index contributed by atoms with van der Waals surface area (Å²) in [6.45, 7) is 6.14. The molecule has 19 heavy (non-hydrogen) atoms. The Morgan fingerprint density at radius 2 is 2.32 bits per heavy atom. The van der Waals surface area contributed by atoms with Gasteiger partial charge in [0, 0.05) is 43.8 Å². The molecule has 0 spiro atoms. The number of nitrogens with two attached hydrogens (primary N) is 1. The van der Waals surface area contributed by atoms with Gasteiger partial charge in [0.2, 0.25) is 0 Å². The van der Waals surface area contributed by atoms with Crippen LogP contribution < -0.4 is 11.1 Å². The first-order valence-corrected chi connectivity index (χ1v) is 6.47. The fourth-order valence-electron chi connectivity index (χ4n) is 2.11. The summed E-state index contributed by atoms with van der Waals surface area (Å²) in [5.41, 5.74) is 6.63. The maximum atomic E-state index is 12.0. The van der Waals surface area contributed by atoms with Crippen molar-refractivity contribution in [2.24, 2.45) is 0 Å². The largest absolute Gasteiger partial charge is 0.398 e. The van der Waals surface area contributed by atoms with Gasteiger partial charge in [-0.25, -0.2) is 0 Å². The number of carbonyl (C=O) groups is 1. The number of nitrogens with zero attached hydrogens (tertiary/aromatic N) is 2. The van der Waals surface area contributed by atoms with Gasteiger partial charge in [0.1, 0.15) is 0 Å². The lowest BCUT2D eigenvalue weighted by atomic mass is 10.2. The molecule has 6 nitrogen and oxygen atoms in total. The summed E-state index contributed by atoms with van der Waals surface area (Å²) < 4.78 is 5.29. The molecule has 1 fully saturated rings. The lowest BCUT2D eigenvalue weighted by Crippen LogP contribution is -2.46. The van der Waals surface area contributed by atoms with Crippen LogP contribution in [0.1, 0.15) is 17.3 Å². The van der Waals surface area contributed by atoms with Crippen molar-refractivity contribution in [3.63, 3.8) is 0 Å². The molecule has 1 aromatic heterocycles. The molecule has 0 aliphatic carbocycles. The zero-order chi connectivity index (χ0) is 13.7. The molecule has 2 heterocycles. The second-order valence-electron chi connectivity index (χ2n) is 4.75. The van der Waals surface area contributed by atoms with Gasteiger partial charge in [0.25, 0.3) is 5.91 Å². The fraction of sp³-hybridized carbons (Fsp3) is 0.538. The second kappa shape index (κ2) is 6.49. The van der Waals surface area contributed by atoms with Crippen LogP contribution in [0.25, 0.3) is 0 Å². The predicted octanol–water partition coefficient (Wildman–Crippen LogP) is 0.114. The van der Waals surface area contributed by atoms with Crippen LogP contribution in [0.5, 0.6) is 0 Å². The van der Waals surface area contributed by atoms with Crippen molar-refractivity contribution in [1.82, 2.24) is 15.2 Å². The first-order valence-electron chi connectivity index (χ1n) is 6.47. The van der Waals surface area contributed by atoms with Crippen molar-refractivity contribution in [3.8, 4) is 0 Å². The number of amides is 1. The van der Waals surface area contributed by atoms with Gasteiger partial charge in [-0.15, -0.1) is 0 Å². The van der Waals surface area contributed by atoms with E-state index in [1.54, 1.807) is 12.3 Å². The third kappa shape index (κ3) is 3.90. The van der Waals surface area contributed by atoms with E-state index < -0.39 is 0 Å². The zero-order valence-corrected chi connectivity index (χ0v) is 11.1. The molecular weight excluding hydrogens is 244 g/mol. The molecule has 3 N–H and O–H groups in total. The van der Waals surface area contributed by atoms with Crippen LogP contribution in [0.4, 0.5) is 5.69 Å². The Kier molecular flexibility index (Phi) is 4.70. The van der Waals surface area contributed by atoms with Crippen molar-refractivity contribution in [2.45, 2.75) is 13.0 Å². The molecule has 1 saturated heterocycles. The minimum Gasteiger partial charge on any atom is -0.398 e. The Hall–Kier alpha value is -1.66. The number of rotatable bonds is 4. The molecule has 0 bridgehead atoms. The number of anilines is 1. The molecule has 2 rings (SSSR count). The first-order chi connectivity index (χ1) is 9.16. The van der Waals surface area contributed by atoms with Crippen molar-refractivity contribution < 1.29 is 9.53 Å². The van der Waals surface area contributed by atoms with E-state index in [0.717, 1.165) is 32.8 Å². The number of hydrogen-bond acceptors (Lipinski definition) is 5. The summed E-state index contributed by atoms with van der Waals surface area (Å²) in [6.07, 6.45) is 3.06. The van der Waals surface area contributed by atoms with Gasteiger partial charge in [-0.3, -0.25) is 14.7 Å². The Morgan fingerprint density at radius 1 is 1.58 bits per heavy atom. The van der Waals surface area contributed by atoms with Crippen molar-refractivity contribution >= 4 is 11.6 Å². The summed E-state index contributed by atoms with van der Waals surface area (Å²) in [5.74, 6) is -0.175. The van der Waals surface area contributed by atoms with Gasteiger partial charge < -0.3 is 15.8 Å². The minimum absolute atomic E-state index is 0.0604. The average molecular weight is 264 g/mol. The number of morpholine rings is 1. The first kappa shape index (κ1) is 13.8. The standard InChI is InChI=1S/C13H20N4O2/c1-10(9-17-4-6-19-7-5-17)16-13(18)11-8-15-3-2-12(11)14/h2-3,8,10H,4-7,9H2,1H3,(H2,14,15)(H,16,18). The summed E-state index contributed by atoms with van der Waals surface area (Å²) >= 11 is 0. The molecule has 0 radical (unpaired) electrons. The number of nitrogen functional groups attached to an aromatic ring is 1. The highest BCUT2D eigenvalue weighted by atomic mass is 16.5. The Labute approximate surface area is 112 Å². The van der Waals surface area contributed by atoms with Gasteiger partial charge in [0.05, 0.1) is 18.8 Å². The highest BCUT2D eigenvalue weighted by Crippen LogP contribution is 2.08. The van der Waals surface area contributed by atoms with Gasteiger partial charge >= 0.3 is 0 Å². The Morgan fingerprint density at radius 3 is 3.00 bits per heavy atom. The summed E-state index contributed by atoms with van der Waals surface area (Å²) in [7, 11) is 0. The number of nitrogens with one attached hydrogen (secondary N) is 1. The van der Waals surface area contributed by atoms with E-state index >= 15 is 0 Å². The van der Waals surface area contributed by atoms with Crippen LogP contribution in [-0.2, 0) is 4.74 Å². The van der Waals surface area contributed by atoms with Gasteiger partial charge in [-0.1, -0.05) is 0 Å². The molecule has 0 saturated carbocycles. The third-order valence-electron chi connectivity index (χ3n) is 3.11. The summed E-state index contributed by atoms with van der Waals surface area (Å²) in [6, 6.07) is 1.69. The third-order valence-corrected chi connectivity index (χ3v) is 3.11. The molecule has 6 heteroatoms. The van der Waals surface area contributed by atoms with E-state index in [4.69, 9.17) is 10.5 Å². The maximum absolute atomic E-state index is 12.0. The van der Waals surface area contributed by atoms with Crippen LogP contribution in [0.15, 0.2) is 18.5 Å². The normalized spacial score (nSPS) is 17.9. The lowest BCUT2D eigenvalue weighted by molar-refractivity contribution is 0.0342. The topological polar surface area (TPSA) is 80.5 Å². The molecular formula is C13H20N4O2. The molecule has 104 valence electrons. The van der Waals surface area contributed by atoms with Gasteiger partial charge in [-0.05, 0) is 13.0 Å². The van der Waals surface area contributed by atoms with Crippen molar-refractivity contribution in [3.05, 3.63) is 24.0 Å². The SMILES string of the molecule is CC(CN1CCOCC1)NC(=O)c1cnccc1N. The summed E-state index contributed by atoms with van der Waals surface area (Å²) in [4.78, 5) is 18.2.